The first-order chi connectivity index (χ1) is 8.35. The zero-order valence-electron chi connectivity index (χ0n) is 9.48. The number of hydrogen-bond acceptors (Lipinski definition) is 2. The van der Waals surface area contributed by atoms with E-state index in [2.05, 4.69) is 16.0 Å². The minimum atomic E-state index is 0.595. The zero-order chi connectivity index (χ0) is 11.4. The van der Waals surface area contributed by atoms with Gasteiger partial charge in [0.05, 0.1) is 11.1 Å². The summed E-state index contributed by atoms with van der Waals surface area (Å²) in [5, 5.41) is 9.06. The van der Waals surface area contributed by atoms with E-state index in [9.17, 15) is 0 Å². The number of nitrogens with zero attached hydrogens (tertiary/aromatic N) is 2. The molecule has 2 aliphatic carbocycles. The fourth-order valence-electron chi connectivity index (χ4n) is 3.27. The van der Waals surface area contributed by atoms with Gasteiger partial charge in [0.15, 0.2) is 0 Å². The van der Waals surface area contributed by atoms with Crippen molar-refractivity contribution in [3.63, 3.8) is 0 Å². The molecule has 2 unspecified atom stereocenters. The van der Waals surface area contributed by atoms with Crippen LogP contribution in [0.15, 0.2) is 18.2 Å². The molecule has 0 saturated heterocycles. The van der Waals surface area contributed by atoms with Crippen LogP contribution in [-0.4, -0.2) is 9.97 Å². The van der Waals surface area contributed by atoms with Crippen LogP contribution in [0.25, 0.3) is 11.0 Å². The van der Waals surface area contributed by atoms with Gasteiger partial charge >= 0.3 is 0 Å². The van der Waals surface area contributed by atoms with Crippen molar-refractivity contribution in [3.8, 4) is 6.07 Å². The molecule has 2 saturated carbocycles. The van der Waals surface area contributed by atoms with Gasteiger partial charge in [0, 0.05) is 5.92 Å². The van der Waals surface area contributed by atoms with Crippen molar-refractivity contribution < 1.29 is 0 Å². The number of aromatic amines is 1. The van der Waals surface area contributed by atoms with Crippen LogP contribution in [0, 0.1) is 23.2 Å². The number of hydrogen-bond donors (Lipinski definition) is 1. The third-order valence-corrected chi connectivity index (χ3v) is 4.28. The van der Waals surface area contributed by atoms with Gasteiger partial charge in [-0.05, 0) is 43.2 Å². The monoisotopic (exact) mass is 223 g/mol. The number of fused-ring (bicyclic) bond motifs is 2. The number of para-hydroxylation sites is 1. The molecule has 1 aromatic carbocycles. The highest BCUT2D eigenvalue weighted by Crippen LogP contribution is 2.57. The Kier molecular flexibility index (Phi) is 1.69. The van der Waals surface area contributed by atoms with Crippen molar-refractivity contribution in [2.45, 2.75) is 25.2 Å². The van der Waals surface area contributed by atoms with Gasteiger partial charge in [-0.3, -0.25) is 0 Å². The van der Waals surface area contributed by atoms with E-state index in [0.29, 0.717) is 11.5 Å². The predicted octanol–water partition coefficient (Wildman–Crippen LogP) is 2.95. The SMILES string of the molecule is N#Cc1cccc2[nH]c(C3CC4CC4C3)nc12. The summed E-state index contributed by atoms with van der Waals surface area (Å²) >= 11 is 0. The number of aromatic nitrogens is 2. The minimum Gasteiger partial charge on any atom is -0.342 e. The van der Waals surface area contributed by atoms with E-state index in [1.165, 1.54) is 19.3 Å². The maximum atomic E-state index is 9.06. The second-order valence-corrected chi connectivity index (χ2v) is 5.36. The van der Waals surface area contributed by atoms with Crippen LogP contribution in [0.2, 0.25) is 0 Å². The molecule has 0 radical (unpaired) electrons. The molecule has 0 spiro atoms. The average Bonchev–Trinajstić information content (AvgIpc) is 2.81. The number of nitriles is 1. The molecular weight excluding hydrogens is 210 g/mol. The number of benzene rings is 1. The van der Waals surface area contributed by atoms with E-state index in [1.807, 2.05) is 18.2 Å². The van der Waals surface area contributed by atoms with Gasteiger partial charge in [-0.1, -0.05) is 6.07 Å². The summed E-state index contributed by atoms with van der Waals surface area (Å²) in [5.74, 6) is 3.61. The molecule has 0 bridgehead atoms. The number of H-pyrrole nitrogens is 1. The zero-order valence-corrected chi connectivity index (χ0v) is 9.48. The maximum absolute atomic E-state index is 9.06. The van der Waals surface area contributed by atoms with Crippen molar-refractivity contribution in [2.75, 3.05) is 0 Å². The highest BCUT2D eigenvalue weighted by molar-refractivity contribution is 5.81. The van der Waals surface area contributed by atoms with Crippen LogP contribution in [0.4, 0.5) is 0 Å². The molecule has 4 rings (SSSR count). The first-order valence-corrected chi connectivity index (χ1v) is 6.24. The van der Waals surface area contributed by atoms with Crippen molar-refractivity contribution >= 4 is 11.0 Å². The lowest BCUT2D eigenvalue weighted by molar-refractivity contribution is 0.597. The molecule has 2 aliphatic rings. The lowest BCUT2D eigenvalue weighted by Gasteiger charge is -2.06. The van der Waals surface area contributed by atoms with E-state index in [1.54, 1.807) is 0 Å². The molecule has 1 heterocycles. The Morgan fingerprint density at radius 1 is 1.24 bits per heavy atom. The fourth-order valence-corrected chi connectivity index (χ4v) is 3.27. The Labute approximate surface area is 99.5 Å². The molecule has 2 atom stereocenters. The Bertz CT molecular complexity index is 624. The highest BCUT2D eigenvalue weighted by Gasteiger charge is 2.46. The molecule has 0 aliphatic heterocycles. The third-order valence-electron chi connectivity index (χ3n) is 4.28. The normalized spacial score (nSPS) is 30.2. The van der Waals surface area contributed by atoms with Crippen LogP contribution < -0.4 is 0 Å². The quantitative estimate of drug-likeness (QED) is 0.808. The largest absolute Gasteiger partial charge is 0.342 e. The first kappa shape index (κ1) is 9.23. The summed E-state index contributed by atoms with van der Waals surface area (Å²) in [6.07, 6.45) is 4.00. The van der Waals surface area contributed by atoms with E-state index in [0.717, 1.165) is 28.7 Å². The topological polar surface area (TPSA) is 52.5 Å². The summed E-state index contributed by atoms with van der Waals surface area (Å²) < 4.78 is 0. The third kappa shape index (κ3) is 1.30. The van der Waals surface area contributed by atoms with Crippen molar-refractivity contribution in [3.05, 3.63) is 29.6 Å². The smallest absolute Gasteiger partial charge is 0.110 e. The van der Waals surface area contributed by atoms with Crippen molar-refractivity contribution in [2.24, 2.45) is 11.8 Å². The summed E-state index contributed by atoms with van der Waals surface area (Å²) in [6, 6.07) is 7.96. The molecule has 2 fully saturated rings. The Balaban J connectivity index is 1.79. The fraction of sp³-hybridized carbons (Fsp3) is 0.429. The lowest BCUT2D eigenvalue weighted by atomic mass is 10.0. The maximum Gasteiger partial charge on any atom is 0.110 e. The van der Waals surface area contributed by atoms with Gasteiger partial charge in [-0.2, -0.15) is 5.26 Å². The van der Waals surface area contributed by atoms with Crippen LogP contribution >= 0.6 is 0 Å². The average molecular weight is 223 g/mol. The van der Waals surface area contributed by atoms with Crippen LogP contribution in [0.5, 0.6) is 0 Å². The second kappa shape index (κ2) is 3.10. The van der Waals surface area contributed by atoms with E-state index < -0.39 is 0 Å². The van der Waals surface area contributed by atoms with Gasteiger partial charge in [-0.25, -0.2) is 4.98 Å². The summed E-state index contributed by atoms with van der Waals surface area (Å²) in [6.45, 7) is 0. The van der Waals surface area contributed by atoms with Crippen molar-refractivity contribution in [1.82, 2.24) is 9.97 Å². The summed E-state index contributed by atoms with van der Waals surface area (Å²) in [7, 11) is 0. The molecule has 3 heteroatoms. The van der Waals surface area contributed by atoms with Crippen LogP contribution in [-0.2, 0) is 0 Å². The Morgan fingerprint density at radius 2 is 2.06 bits per heavy atom. The standard InChI is InChI=1S/C14H13N3/c15-7-8-2-1-3-12-13(8)17-14(16-12)11-5-9-4-10(9)6-11/h1-3,9-11H,4-6H2,(H,16,17). The number of rotatable bonds is 1. The van der Waals surface area contributed by atoms with Gasteiger partial charge in [0.2, 0.25) is 0 Å². The Morgan fingerprint density at radius 3 is 2.82 bits per heavy atom. The van der Waals surface area contributed by atoms with E-state index in [-0.39, 0.29) is 0 Å². The van der Waals surface area contributed by atoms with E-state index in [4.69, 9.17) is 5.26 Å². The molecule has 1 aromatic heterocycles. The number of nitrogens with one attached hydrogen (secondary N) is 1. The van der Waals surface area contributed by atoms with Crippen LogP contribution in [0.1, 0.15) is 36.6 Å². The summed E-state index contributed by atoms with van der Waals surface area (Å²) in [4.78, 5) is 8.03. The minimum absolute atomic E-state index is 0.595. The Hall–Kier alpha value is -1.82. The van der Waals surface area contributed by atoms with Gasteiger partial charge < -0.3 is 4.98 Å². The molecular formula is C14H13N3. The first-order valence-electron chi connectivity index (χ1n) is 6.24. The second-order valence-electron chi connectivity index (χ2n) is 5.36. The highest BCUT2D eigenvalue weighted by atomic mass is 14.9. The predicted molar refractivity (Wildman–Crippen MR) is 64.4 cm³/mol. The molecule has 0 amide bonds. The number of imidazole rings is 1. The van der Waals surface area contributed by atoms with E-state index >= 15 is 0 Å². The molecule has 84 valence electrons. The summed E-state index contributed by atoms with van der Waals surface area (Å²) in [5.41, 5.74) is 2.51. The molecule has 3 nitrogen and oxygen atoms in total. The van der Waals surface area contributed by atoms with Gasteiger partial charge in [-0.15, -0.1) is 0 Å². The van der Waals surface area contributed by atoms with Gasteiger partial charge in [0.25, 0.3) is 0 Å². The molecule has 2 aromatic rings. The lowest BCUT2D eigenvalue weighted by Crippen LogP contribution is -1.97. The molecule has 17 heavy (non-hydrogen) atoms. The van der Waals surface area contributed by atoms with Gasteiger partial charge in [0.1, 0.15) is 17.4 Å². The van der Waals surface area contributed by atoms with Crippen molar-refractivity contribution in [1.29, 1.82) is 5.26 Å². The van der Waals surface area contributed by atoms with Crippen LogP contribution in [0.3, 0.4) is 0 Å². The molecule has 1 N–H and O–H groups in total.